The van der Waals surface area contributed by atoms with Crippen LogP contribution in [-0.2, 0) is 9.53 Å². The normalized spacial score (nSPS) is 22.4. The predicted molar refractivity (Wildman–Crippen MR) is 78.9 cm³/mol. The second-order valence-corrected chi connectivity index (χ2v) is 6.97. The third kappa shape index (κ3) is 5.58. The summed E-state index contributed by atoms with van der Waals surface area (Å²) >= 11 is 0. The van der Waals surface area contributed by atoms with E-state index in [1.54, 1.807) is 27.8 Å². The Hall–Kier alpha value is -1.47. The molecule has 0 unspecified atom stereocenters. The van der Waals surface area contributed by atoms with E-state index in [0.29, 0.717) is 25.7 Å². The van der Waals surface area contributed by atoms with Crippen molar-refractivity contribution >= 4 is 12.0 Å². The molecule has 0 aliphatic heterocycles. The Kier molecular flexibility index (Phi) is 5.93. The van der Waals surface area contributed by atoms with Crippen LogP contribution in [0.3, 0.4) is 0 Å². The third-order valence-electron chi connectivity index (χ3n) is 4.01. The molecule has 1 aliphatic carbocycles. The van der Waals surface area contributed by atoms with E-state index in [9.17, 15) is 22.8 Å². The maximum atomic E-state index is 12.5. The Labute approximate surface area is 134 Å². The van der Waals surface area contributed by atoms with Crippen molar-refractivity contribution in [1.29, 1.82) is 0 Å². The minimum absolute atomic E-state index is 0.0875. The van der Waals surface area contributed by atoms with Crippen LogP contribution in [-0.4, -0.2) is 59.8 Å². The van der Waals surface area contributed by atoms with Gasteiger partial charge in [-0.15, -0.1) is 0 Å². The molecule has 1 rings (SSSR count). The molecule has 5 nitrogen and oxygen atoms in total. The van der Waals surface area contributed by atoms with Gasteiger partial charge in [0, 0.05) is 26.2 Å². The summed E-state index contributed by atoms with van der Waals surface area (Å²) in [5.74, 6) is -1.82. The van der Waals surface area contributed by atoms with Crippen LogP contribution in [0.1, 0.15) is 46.5 Å². The molecule has 0 saturated heterocycles. The largest absolute Gasteiger partial charge is 0.471 e. The van der Waals surface area contributed by atoms with Gasteiger partial charge in [0.15, 0.2) is 0 Å². The Morgan fingerprint density at radius 3 is 1.65 bits per heavy atom. The number of rotatable bonds is 2. The number of ether oxygens (including phenoxy) is 1. The number of hydrogen-bond acceptors (Lipinski definition) is 3. The standard InChI is InChI=1S/C15H25F3N2O3/c1-14(2,3)23-13(22)20(5)11-8-6-10(7-9-11)19(4)12(21)15(16,17)18/h10-11H,6-9H2,1-5H3/t10-,11-. The van der Waals surface area contributed by atoms with Crippen molar-refractivity contribution in [2.24, 2.45) is 0 Å². The van der Waals surface area contributed by atoms with E-state index in [-0.39, 0.29) is 6.04 Å². The maximum absolute atomic E-state index is 12.5. The molecular formula is C15H25F3N2O3. The summed E-state index contributed by atoms with van der Waals surface area (Å²) < 4.78 is 42.7. The molecule has 1 saturated carbocycles. The van der Waals surface area contributed by atoms with Crippen molar-refractivity contribution in [3.63, 3.8) is 0 Å². The van der Waals surface area contributed by atoms with Crippen LogP contribution in [0, 0.1) is 0 Å². The Bertz CT molecular complexity index is 438. The average molecular weight is 338 g/mol. The molecule has 0 bridgehead atoms. The lowest BCUT2D eigenvalue weighted by Crippen LogP contribution is -2.49. The van der Waals surface area contributed by atoms with Crippen molar-refractivity contribution in [3.05, 3.63) is 0 Å². The highest BCUT2D eigenvalue weighted by molar-refractivity contribution is 5.81. The molecule has 134 valence electrons. The summed E-state index contributed by atoms with van der Waals surface area (Å²) in [7, 11) is 2.81. The highest BCUT2D eigenvalue weighted by Crippen LogP contribution is 2.28. The fourth-order valence-corrected chi connectivity index (χ4v) is 2.68. The first-order chi connectivity index (χ1) is 10.3. The van der Waals surface area contributed by atoms with Crippen LogP contribution >= 0.6 is 0 Å². The van der Waals surface area contributed by atoms with Gasteiger partial charge < -0.3 is 14.5 Å². The maximum Gasteiger partial charge on any atom is 0.471 e. The predicted octanol–water partition coefficient (Wildman–Crippen LogP) is 3.19. The lowest BCUT2D eigenvalue weighted by molar-refractivity contribution is -0.186. The second-order valence-electron chi connectivity index (χ2n) is 6.97. The zero-order valence-electron chi connectivity index (χ0n) is 14.2. The topological polar surface area (TPSA) is 49.9 Å². The molecule has 2 amide bonds. The summed E-state index contributed by atoms with van der Waals surface area (Å²) in [4.78, 5) is 25.5. The van der Waals surface area contributed by atoms with Gasteiger partial charge >= 0.3 is 18.2 Å². The Balaban J connectivity index is 2.55. The first-order valence-electron chi connectivity index (χ1n) is 7.62. The number of halogens is 3. The summed E-state index contributed by atoms with van der Waals surface area (Å²) in [5.41, 5.74) is -0.595. The van der Waals surface area contributed by atoms with Gasteiger partial charge in [-0.05, 0) is 46.5 Å². The molecule has 0 aromatic heterocycles. The third-order valence-corrected chi connectivity index (χ3v) is 4.01. The van der Waals surface area contributed by atoms with E-state index in [1.165, 1.54) is 11.9 Å². The van der Waals surface area contributed by atoms with E-state index >= 15 is 0 Å². The van der Waals surface area contributed by atoms with Crippen LogP contribution in [0.15, 0.2) is 0 Å². The minimum Gasteiger partial charge on any atom is -0.444 e. The van der Waals surface area contributed by atoms with Crippen molar-refractivity contribution in [3.8, 4) is 0 Å². The molecule has 1 aliphatic rings. The van der Waals surface area contributed by atoms with E-state index in [0.717, 1.165) is 4.90 Å². The monoisotopic (exact) mass is 338 g/mol. The van der Waals surface area contributed by atoms with Gasteiger partial charge in [0.2, 0.25) is 0 Å². The molecule has 23 heavy (non-hydrogen) atoms. The number of alkyl halides is 3. The fraction of sp³-hybridized carbons (Fsp3) is 0.867. The van der Waals surface area contributed by atoms with Gasteiger partial charge in [-0.3, -0.25) is 4.79 Å². The molecule has 8 heteroatoms. The van der Waals surface area contributed by atoms with Gasteiger partial charge in [0.05, 0.1) is 0 Å². The van der Waals surface area contributed by atoms with Gasteiger partial charge in [-0.25, -0.2) is 4.79 Å². The summed E-state index contributed by atoms with van der Waals surface area (Å²) in [6, 6.07) is -0.539. The second kappa shape index (κ2) is 6.97. The van der Waals surface area contributed by atoms with Crippen LogP contribution in [0.2, 0.25) is 0 Å². The van der Waals surface area contributed by atoms with Crippen molar-refractivity contribution in [2.75, 3.05) is 14.1 Å². The summed E-state index contributed by atoms with van der Waals surface area (Å²) in [6.07, 6.45) is -3.36. The summed E-state index contributed by atoms with van der Waals surface area (Å²) in [5, 5.41) is 0. The molecule has 0 atom stereocenters. The van der Waals surface area contributed by atoms with E-state index in [4.69, 9.17) is 4.74 Å². The van der Waals surface area contributed by atoms with Crippen LogP contribution in [0.5, 0.6) is 0 Å². The van der Waals surface area contributed by atoms with Gasteiger partial charge in [0.1, 0.15) is 5.60 Å². The van der Waals surface area contributed by atoms with Crippen LogP contribution in [0.25, 0.3) is 0 Å². The highest BCUT2D eigenvalue weighted by Gasteiger charge is 2.44. The molecule has 0 N–H and O–H groups in total. The number of hydrogen-bond donors (Lipinski definition) is 0. The van der Waals surface area contributed by atoms with E-state index in [2.05, 4.69) is 0 Å². The van der Waals surface area contributed by atoms with Gasteiger partial charge in [0.25, 0.3) is 0 Å². The van der Waals surface area contributed by atoms with Crippen molar-refractivity contribution < 1.29 is 27.5 Å². The lowest BCUT2D eigenvalue weighted by Gasteiger charge is -2.38. The fourth-order valence-electron chi connectivity index (χ4n) is 2.68. The summed E-state index contributed by atoms with van der Waals surface area (Å²) in [6.45, 7) is 5.31. The van der Waals surface area contributed by atoms with Gasteiger partial charge in [-0.2, -0.15) is 13.2 Å². The number of amides is 2. The van der Waals surface area contributed by atoms with E-state index < -0.39 is 29.8 Å². The zero-order valence-corrected chi connectivity index (χ0v) is 14.2. The molecule has 0 aromatic carbocycles. The minimum atomic E-state index is -4.85. The first-order valence-corrected chi connectivity index (χ1v) is 7.62. The molecule has 0 radical (unpaired) electrons. The quantitative estimate of drug-likeness (QED) is 0.777. The SMILES string of the molecule is CN(C(=O)OC(C)(C)C)[C@H]1CC[C@H](N(C)C(=O)C(F)(F)F)CC1. The molecule has 0 heterocycles. The smallest absolute Gasteiger partial charge is 0.444 e. The first kappa shape index (κ1) is 19.6. The number of nitrogens with zero attached hydrogens (tertiary/aromatic N) is 2. The average Bonchev–Trinajstić information content (AvgIpc) is 2.42. The van der Waals surface area contributed by atoms with E-state index in [1.807, 2.05) is 0 Å². The molecular weight excluding hydrogens is 313 g/mol. The Morgan fingerprint density at radius 1 is 0.913 bits per heavy atom. The molecule has 0 aromatic rings. The zero-order chi connectivity index (χ0) is 18.0. The van der Waals surface area contributed by atoms with Crippen LogP contribution in [0.4, 0.5) is 18.0 Å². The molecule has 0 spiro atoms. The highest BCUT2D eigenvalue weighted by atomic mass is 19.4. The Morgan fingerprint density at radius 2 is 1.30 bits per heavy atom. The molecule has 1 fully saturated rings. The van der Waals surface area contributed by atoms with Crippen molar-refractivity contribution in [2.45, 2.75) is 70.3 Å². The van der Waals surface area contributed by atoms with Crippen molar-refractivity contribution in [1.82, 2.24) is 9.80 Å². The number of carbonyl (C=O) groups is 2. The van der Waals surface area contributed by atoms with Crippen LogP contribution < -0.4 is 0 Å². The van der Waals surface area contributed by atoms with Gasteiger partial charge in [-0.1, -0.05) is 0 Å². The number of carbonyl (C=O) groups excluding carboxylic acids is 2. The lowest BCUT2D eigenvalue weighted by atomic mass is 9.89.